The molecule has 5 nitrogen and oxygen atoms in total. The first-order valence-corrected chi connectivity index (χ1v) is 10.9. The molecule has 0 saturated heterocycles. The number of sulfonamides is 1. The summed E-state index contributed by atoms with van der Waals surface area (Å²) in [5, 5.41) is 0.0241. The molecule has 156 valence electrons. The molecule has 0 aliphatic carbocycles. The number of hydrogen-bond acceptors (Lipinski definition) is 3. The molecule has 10 heteroatoms. The van der Waals surface area contributed by atoms with E-state index in [9.17, 15) is 17.2 Å². The molecule has 0 atom stereocenters. The third kappa shape index (κ3) is 4.21. The van der Waals surface area contributed by atoms with Crippen molar-refractivity contribution in [1.82, 2.24) is 9.38 Å². The highest BCUT2D eigenvalue weighted by Gasteiger charge is 2.22. The zero-order valence-electron chi connectivity index (χ0n) is 15.4. The second-order valence-corrected chi connectivity index (χ2v) is 8.78. The fourth-order valence-electron chi connectivity index (χ4n) is 2.78. The van der Waals surface area contributed by atoms with Crippen molar-refractivity contribution in [2.75, 3.05) is 4.72 Å². The van der Waals surface area contributed by atoms with Crippen LogP contribution in [-0.4, -0.2) is 17.8 Å². The minimum absolute atomic E-state index is 0.105. The summed E-state index contributed by atoms with van der Waals surface area (Å²) in [7, 11) is -4.30. The molecule has 0 fully saturated rings. The van der Waals surface area contributed by atoms with Crippen molar-refractivity contribution in [3.63, 3.8) is 0 Å². The van der Waals surface area contributed by atoms with Gasteiger partial charge in [-0.1, -0.05) is 35.2 Å². The number of anilines is 1. The van der Waals surface area contributed by atoms with Crippen LogP contribution in [0.2, 0.25) is 10.0 Å². The van der Waals surface area contributed by atoms with Crippen LogP contribution in [0, 0.1) is 23.5 Å². The Morgan fingerprint density at radius 3 is 2.65 bits per heavy atom. The van der Waals surface area contributed by atoms with Gasteiger partial charge in [-0.3, -0.25) is 9.12 Å². The third-order valence-corrected chi connectivity index (χ3v) is 6.33. The van der Waals surface area contributed by atoms with Gasteiger partial charge in [-0.05, 0) is 48.4 Å². The van der Waals surface area contributed by atoms with E-state index in [0.29, 0.717) is 11.3 Å². The first kappa shape index (κ1) is 21.1. The Labute approximate surface area is 186 Å². The van der Waals surface area contributed by atoms with Gasteiger partial charge >= 0.3 is 0 Å². The quantitative estimate of drug-likeness (QED) is 0.416. The molecule has 0 spiro atoms. The highest BCUT2D eigenvalue weighted by molar-refractivity contribution is 7.92. The summed E-state index contributed by atoms with van der Waals surface area (Å²) < 4.78 is 58.2. The average molecular weight is 478 g/mol. The van der Waals surface area contributed by atoms with Gasteiger partial charge in [-0.15, -0.1) is 0 Å². The Morgan fingerprint density at radius 2 is 1.84 bits per heavy atom. The molecule has 2 heterocycles. The van der Waals surface area contributed by atoms with Gasteiger partial charge < -0.3 is 0 Å². The highest BCUT2D eigenvalue weighted by atomic mass is 35.5. The van der Waals surface area contributed by atoms with Gasteiger partial charge in [0.15, 0.2) is 5.82 Å². The highest BCUT2D eigenvalue weighted by Crippen LogP contribution is 2.28. The maximum Gasteiger partial charge on any atom is 0.263 e. The molecule has 0 amide bonds. The number of benzene rings is 2. The monoisotopic (exact) mass is 477 g/mol. The van der Waals surface area contributed by atoms with E-state index in [4.69, 9.17) is 23.2 Å². The largest absolute Gasteiger partial charge is 0.293 e. The Kier molecular flexibility index (Phi) is 5.58. The number of fused-ring (bicyclic) bond motifs is 1. The fraction of sp³-hybridized carbons (Fsp3) is 0. The number of nitrogens with zero attached hydrogens (tertiary/aromatic N) is 2. The van der Waals surface area contributed by atoms with Gasteiger partial charge in [0.1, 0.15) is 22.1 Å². The lowest BCUT2D eigenvalue weighted by Gasteiger charge is -2.11. The number of nitrogens with one attached hydrogen (secondary N) is 1. The third-order valence-electron chi connectivity index (χ3n) is 4.25. The Hall–Kier alpha value is -3.12. The molecule has 0 radical (unpaired) electrons. The van der Waals surface area contributed by atoms with Gasteiger partial charge in [0, 0.05) is 11.2 Å². The molecule has 1 N–H and O–H groups in total. The zero-order valence-corrected chi connectivity index (χ0v) is 17.7. The van der Waals surface area contributed by atoms with Crippen LogP contribution in [0.5, 0.6) is 0 Å². The predicted molar refractivity (Wildman–Crippen MR) is 115 cm³/mol. The molecular formula is C21H11Cl2F2N3O2S. The molecule has 2 aromatic heterocycles. The van der Waals surface area contributed by atoms with E-state index < -0.39 is 32.9 Å². The minimum Gasteiger partial charge on any atom is -0.293 e. The number of imidazole rings is 1. The first-order chi connectivity index (χ1) is 14.8. The smallest absolute Gasteiger partial charge is 0.263 e. The van der Waals surface area contributed by atoms with Crippen molar-refractivity contribution in [2.24, 2.45) is 0 Å². The van der Waals surface area contributed by atoms with Crippen LogP contribution in [0.1, 0.15) is 11.3 Å². The van der Waals surface area contributed by atoms with Crippen molar-refractivity contribution in [3.05, 3.63) is 93.9 Å². The molecule has 4 aromatic rings. The maximum atomic E-state index is 15.0. The summed E-state index contributed by atoms with van der Waals surface area (Å²) >= 11 is 11.8. The molecular weight excluding hydrogens is 467 g/mol. The molecule has 2 aromatic carbocycles. The average Bonchev–Trinajstić information content (AvgIpc) is 3.15. The molecule has 31 heavy (non-hydrogen) atoms. The van der Waals surface area contributed by atoms with Crippen LogP contribution in [0.25, 0.3) is 5.65 Å². The topological polar surface area (TPSA) is 63.5 Å². The molecule has 0 bridgehead atoms. The Morgan fingerprint density at radius 1 is 1.03 bits per heavy atom. The summed E-state index contributed by atoms with van der Waals surface area (Å²) in [4.78, 5) is 3.81. The van der Waals surface area contributed by atoms with Crippen LogP contribution < -0.4 is 4.72 Å². The van der Waals surface area contributed by atoms with E-state index in [-0.39, 0.29) is 14.9 Å². The van der Waals surface area contributed by atoms with Crippen molar-refractivity contribution in [1.29, 1.82) is 0 Å². The summed E-state index contributed by atoms with van der Waals surface area (Å²) in [6.45, 7) is 0. The predicted octanol–water partition coefficient (Wildman–Crippen LogP) is 5.12. The van der Waals surface area contributed by atoms with Crippen molar-refractivity contribution in [3.8, 4) is 11.8 Å². The second-order valence-electron chi connectivity index (χ2n) is 6.29. The van der Waals surface area contributed by atoms with Crippen LogP contribution in [0.4, 0.5) is 14.5 Å². The van der Waals surface area contributed by atoms with Gasteiger partial charge in [-0.25, -0.2) is 22.2 Å². The summed E-state index contributed by atoms with van der Waals surface area (Å²) in [6.07, 6.45) is 3.17. The van der Waals surface area contributed by atoms with Crippen molar-refractivity contribution in [2.45, 2.75) is 4.90 Å². The van der Waals surface area contributed by atoms with Crippen LogP contribution in [0.15, 0.2) is 65.8 Å². The fourth-order valence-corrected chi connectivity index (χ4v) is 4.60. The molecule has 4 rings (SSSR count). The number of pyridine rings is 1. The van der Waals surface area contributed by atoms with Crippen LogP contribution >= 0.6 is 23.2 Å². The van der Waals surface area contributed by atoms with Gasteiger partial charge in [0.05, 0.1) is 22.5 Å². The molecule has 0 unspecified atom stereocenters. The number of aromatic nitrogens is 2. The number of rotatable bonds is 3. The molecule has 0 aliphatic rings. The lowest BCUT2D eigenvalue weighted by molar-refractivity contribution is 0.578. The number of halogens is 4. The summed E-state index contributed by atoms with van der Waals surface area (Å²) in [5.41, 5.74) is -0.0538. The van der Waals surface area contributed by atoms with Crippen molar-refractivity contribution >= 4 is 44.6 Å². The van der Waals surface area contributed by atoms with E-state index in [0.717, 1.165) is 18.2 Å². The molecule has 0 aliphatic heterocycles. The lowest BCUT2D eigenvalue weighted by Crippen LogP contribution is -2.15. The Balaban J connectivity index is 1.73. The minimum atomic E-state index is -4.30. The Bertz CT molecular complexity index is 1490. The van der Waals surface area contributed by atoms with E-state index in [2.05, 4.69) is 21.5 Å². The van der Waals surface area contributed by atoms with E-state index in [1.165, 1.54) is 18.3 Å². The standard InChI is InChI=1S/C21H11Cl2F2N3O2S/c22-13-4-7-16(23)19(11-13)31(29,30)27-18-9-8-17(24)15(21(18)25)6-5-14-12-26-20-3-1-2-10-28(14)20/h1-4,7-12,27H. The summed E-state index contributed by atoms with van der Waals surface area (Å²) in [5.74, 6) is 2.97. The van der Waals surface area contributed by atoms with E-state index >= 15 is 0 Å². The normalized spacial score (nSPS) is 11.2. The first-order valence-electron chi connectivity index (χ1n) is 8.66. The van der Waals surface area contributed by atoms with E-state index in [1.54, 1.807) is 28.8 Å². The van der Waals surface area contributed by atoms with Crippen LogP contribution in [0.3, 0.4) is 0 Å². The van der Waals surface area contributed by atoms with Crippen molar-refractivity contribution < 1.29 is 17.2 Å². The number of hydrogen-bond donors (Lipinski definition) is 1. The van der Waals surface area contributed by atoms with Crippen LogP contribution in [-0.2, 0) is 10.0 Å². The second kappa shape index (κ2) is 8.19. The SMILES string of the molecule is O=S(=O)(Nc1ccc(F)c(C#Cc2cnc3ccccn23)c1F)c1cc(Cl)ccc1Cl. The van der Waals surface area contributed by atoms with E-state index in [1.807, 2.05) is 0 Å². The van der Waals surface area contributed by atoms with Gasteiger partial charge in [0.25, 0.3) is 10.0 Å². The maximum absolute atomic E-state index is 15.0. The van der Waals surface area contributed by atoms with Gasteiger partial charge in [0.2, 0.25) is 0 Å². The van der Waals surface area contributed by atoms with Gasteiger partial charge in [-0.2, -0.15) is 0 Å². The summed E-state index contributed by atoms with van der Waals surface area (Å²) in [6, 6.07) is 11.0. The lowest BCUT2D eigenvalue weighted by atomic mass is 10.1. The molecule has 0 saturated carbocycles. The zero-order chi connectivity index (χ0) is 22.2.